The van der Waals surface area contributed by atoms with Gasteiger partial charge in [0.25, 0.3) is 0 Å². The van der Waals surface area contributed by atoms with Crippen LogP contribution in [0.3, 0.4) is 0 Å². The minimum absolute atomic E-state index is 0.939. The van der Waals surface area contributed by atoms with E-state index >= 15 is 0 Å². The molecule has 0 aliphatic heterocycles. The predicted octanol–water partition coefficient (Wildman–Crippen LogP) is 6.21. The van der Waals surface area contributed by atoms with Gasteiger partial charge in [-0.3, -0.25) is 0 Å². The zero-order chi connectivity index (χ0) is 22.8. The SMILES string of the molecule is C[O][Sn]([CH2]c1ccccc1)([CH2]c1ccccc1)[O][Sn]([CH2]c1ccccc1)[CH2]c1ccccc1. The first kappa shape index (κ1) is 24.5. The summed E-state index contributed by atoms with van der Waals surface area (Å²) in [5.74, 6) is 0. The van der Waals surface area contributed by atoms with Crippen LogP contribution in [0.5, 0.6) is 0 Å². The third-order valence-electron chi connectivity index (χ3n) is 5.82. The zero-order valence-corrected chi connectivity index (χ0v) is 24.9. The Morgan fingerprint density at radius 3 is 1.18 bits per heavy atom. The van der Waals surface area contributed by atoms with E-state index in [1.54, 1.807) is 0 Å². The summed E-state index contributed by atoms with van der Waals surface area (Å²) >= 11 is -5.84. The molecule has 4 heteroatoms. The van der Waals surface area contributed by atoms with Gasteiger partial charge in [-0.05, 0) is 0 Å². The molecule has 0 aliphatic rings. The van der Waals surface area contributed by atoms with Crippen molar-refractivity contribution in [1.29, 1.82) is 0 Å². The van der Waals surface area contributed by atoms with Gasteiger partial charge in [-0.25, -0.2) is 0 Å². The second kappa shape index (κ2) is 12.7. The van der Waals surface area contributed by atoms with Gasteiger partial charge in [-0.2, -0.15) is 0 Å². The van der Waals surface area contributed by atoms with Gasteiger partial charge in [0.2, 0.25) is 0 Å². The van der Waals surface area contributed by atoms with Crippen molar-refractivity contribution < 1.29 is 4.49 Å². The van der Waals surface area contributed by atoms with Gasteiger partial charge in [0.05, 0.1) is 0 Å². The van der Waals surface area contributed by atoms with Gasteiger partial charge in [-0.1, -0.05) is 0 Å². The van der Waals surface area contributed by atoms with Crippen molar-refractivity contribution >= 4 is 39.4 Å². The molecule has 0 aliphatic carbocycles. The van der Waals surface area contributed by atoms with Gasteiger partial charge in [0, 0.05) is 0 Å². The molecular formula is C29H31O2Sn2. The van der Waals surface area contributed by atoms with E-state index in [4.69, 9.17) is 4.49 Å². The fourth-order valence-corrected chi connectivity index (χ4v) is 34.3. The number of rotatable bonds is 11. The van der Waals surface area contributed by atoms with Crippen molar-refractivity contribution in [2.24, 2.45) is 0 Å². The van der Waals surface area contributed by atoms with Crippen LogP contribution < -0.4 is 0 Å². The summed E-state index contributed by atoms with van der Waals surface area (Å²) in [5.41, 5.74) is 5.43. The fourth-order valence-electron chi connectivity index (χ4n) is 4.18. The average molecular weight is 649 g/mol. The first-order valence-electron chi connectivity index (χ1n) is 11.5. The van der Waals surface area contributed by atoms with Gasteiger partial charge in [-0.15, -0.1) is 0 Å². The van der Waals surface area contributed by atoms with E-state index in [0.29, 0.717) is 0 Å². The average Bonchev–Trinajstić information content (AvgIpc) is 2.86. The molecule has 167 valence electrons. The second-order valence-corrected chi connectivity index (χ2v) is 26.4. The predicted molar refractivity (Wildman–Crippen MR) is 140 cm³/mol. The van der Waals surface area contributed by atoms with Crippen LogP contribution in [-0.4, -0.2) is 46.5 Å². The number of hydrogen-bond donors (Lipinski definition) is 0. The van der Waals surface area contributed by atoms with E-state index in [1.807, 2.05) is 7.11 Å². The molecular weight excluding hydrogens is 618 g/mol. The molecule has 0 saturated carbocycles. The van der Waals surface area contributed by atoms with Gasteiger partial charge in [0.1, 0.15) is 0 Å². The van der Waals surface area contributed by atoms with Crippen LogP contribution in [0.15, 0.2) is 121 Å². The van der Waals surface area contributed by atoms with Crippen molar-refractivity contribution in [3.05, 3.63) is 144 Å². The molecule has 0 aromatic heterocycles. The van der Waals surface area contributed by atoms with E-state index in [2.05, 4.69) is 121 Å². The number of hydrogen-bond acceptors (Lipinski definition) is 2. The zero-order valence-electron chi connectivity index (χ0n) is 19.2. The Labute approximate surface area is 210 Å². The summed E-state index contributed by atoms with van der Waals surface area (Å²) in [7, 11) is 1.90. The summed E-state index contributed by atoms with van der Waals surface area (Å²) in [4.78, 5) is 0. The standard InChI is InChI=1S/4C7H7.CH3O.O.2Sn/c4*1-7-5-3-2-4-6-7;1-2;;;/h4*2-6H,1H2;1H3;;;/q;;;;-1;;;+1. The third-order valence-corrected chi connectivity index (χ3v) is 32.5. The maximum atomic E-state index is 7.39. The normalized spacial score (nSPS) is 11.6. The molecule has 1 radical (unpaired) electrons. The summed E-state index contributed by atoms with van der Waals surface area (Å²) in [6, 6.07) is 43.2. The Kier molecular flexibility index (Phi) is 9.47. The second-order valence-electron chi connectivity index (χ2n) is 8.41. The molecule has 0 unspecified atom stereocenters. The molecule has 0 N–H and O–H groups in total. The van der Waals surface area contributed by atoms with E-state index < -0.39 is 39.4 Å². The van der Waals surface area contributed by atoms with Crippen LogP contribution in [0.25, 0.3) is 0 Å². The van der Waals surface area contributed by atoms with Gasteiger partial charge < -0.3 is 0 Å². The Morgan fingerprint density at radius 2 is 0.848 bits per heavy atom. The van der Waals surface area contributed by atoms with Crippen molar-refractivity contribution in [1.82, 2.24) is 0 Å². The first-order valence-corrected chi connectivity index (χ1v) is 23.1. The minimum atomic E-state index is -3.48. The van der Waals surface area contributed by atoms with E-state index in [-0.39, 0.29) is 0 Å². The van der Waals surface area contributed by atoms with Crippen LogP contribution in [0, 0.1) is 0 Å². The molecule has 0 spiro atoms. The molecule has 2 nitrogen and oxygen atoms in total. The molecule has 0 fully saturated rings. The van der Waals surface area contributed by atoms with Crippen LogP contribution in [-0.2, 0) is 22.2 Å². The van der Waals surface area contributed by atoms with Gasteiger partial charge >= 0.3 is 212 Å². The molecule has 0 saturated heterocycles. The van der Waals surface area contributed by atoms with Crippen LogP contribution in [0.2, 0.25) is 0 Å². The maximum absolute atomic E-state index is 7.39. The quantitative estimate of drug-likeness (QED) is 0.180. The molecule has 0 heterocycles. The fraction of sp³-hybridized carbons (Fsp3) is 0.172. The summed E-state index contributed by atoms with van der Waals surface area (Å²) in [5, 5.41) is 0. The molecule has 33 heavy (non-hydrogen) atoms. The van der Waals surface area contributed by atoms with Crippen LogP contribution in [0.4, 0.5) is 0 Å². The monoisotopic (exact) mass is 651 g/mol. The van der Waals surface area contributed by atoms with Crippen molar-refractivity contribution in [3.63, 3.8) is 0 Å². The van der Waals surface area contributed by atoms with Crippen molar-refractivity contribution in [2.45, 2.75) is 17.7 Å². The number of benzene rings is 4. The topological polar surface area (TPSA) is 18.5 Å². The Morgan fingerprint density at radius 1 is 0.515 bits per heavy atom. The molecule has 4 rings (SSSR count). The van der Waals surface area contributed by atoms with Gasteiger partial charge in [0.15, 0.2) is 0 Å². The molecule has 0 atom stereocenters. The molecule has 0 bridgehead atoms. The van der Waals surface area contributed by atoms with E-state index in [0.717, 1.165) is 17.7 Å². The Bertz CT molecular complexity index is 991. The first-order chi connectivity index (χ1) is 16.2. The van der Waals surface area contributed by atoms with Crippen molar-refractivity contribution in [2.75, 3.05) is 7.11 Å². The summed E-state index contributed by atoms with van der Waals surface area (Å²) in [6.07, 6.45) is 0. The molecule has 4 aromatic rings. The van der Waals surface area contributed by atoms with Crippen molar-refractivity contribution in [3.8, 4) is 0 Å². The van der Waals surface area contributed by atoms with E-state index in [1.165, 1.54) is 22.3 Å². The van der Waals surface area contributed by atoms with E-state index in [9.17, 15) is 0 Å². The summed E-state index contributed by atoms with van der Waals surface area (Å²) < 4.78 is 17.9. The molecule has 0 amide bonds. The van der Waals surface area contributed by atoms with Crippen LogP contribution in [0.1, 0.15) is 22.3 Å². The third kappa shape index (κ3) is 7.71. The molecule has 4 aromatic carbocycles. The Hall–Kier alpha value is -1.60. The Balaban J connectivity index is 1.65. The van der Waals surface area contributed by atoms with Crippen LogP contribution >= 0.6 is 0 Å². The summed E-state index contributed by atoms with van der Waals surface area (Å²) in [6.45, 7) is 0.